The van der Waals surface area contributed by atoms with Gasteiger partial charge < -0.3 is 15.2 Å². The molecule has 0 spiro atoms. The van der Waals surface area contributed by atoms with Crippen molar-refractivity contribution in [2.75, 3.05) is 11.9 Å². The lowest BCUT2D eigenvalue weighted by molar-refractivity contribution is -0.115. The lowest BCUT2D eigenvalue weighted by atomic mass is 10.1. The van der Waals surface area contributed by atoms with Crippen molar-refractivity contribution >= 4 is 33.4 Å². The normalized spacial score (nSPS) is 11.2. The number of nitrogens with one attached hydrogen (secondary N) is 2. The SMILES string of the molecule is CCn1c2ccccc2c2cc(NC(=O)CNCc3ccccc3F)ccc21. The van der Waals surface area contributed by atoms with E-state index in [0.29, 0.717) is 12.1 Å². The first-order chi connectivity index (χ1) is 13.7. The molecule has 2 N–H and O–H groups in total. The fourth-order valence-corrected chi connectivity index (χ4v) is 3.63. The van der Waals surface area contributed by atoms with E-state index in [1.807, 2.05) is 30.3 Å². The van der Waals surface area contributed by atoms with Crippen molar-refractivity contribution < 1.29 is 9.18 Å². The van der Waals surface area contributed by atoms with Crippen molar-refractivity contribution in [3.05, 3.63) is 78.1 Å². The molecule has 0 aliphatic heterocycles. The molecule has 0 saturated carbocycles. The summed E-state index contributed by atoms with van der Waals surface area (Å²) < 4.78 is 15.9. The zero-order chi connectivity index (χ0) is 19.5. The summed E-state index contributed by atoms with van der Waals surface area (Å²) in [6.07, 6.45) is 0. The van der Waals surface area contributed by atoms with Crippen LogP contribution in [0, 0.1) is 5.82 Å². The van der Waals surface area contributed by atoms with Gasteiger partial charge in [-0.05, 0) is 37.3 Å². The molecule has 1 amide bonds. The Labute approximate surface area is 163 Å². The van der Waals surface area contributed by atoms with Crippen LogP contribution in [0.1, 0.15) is 12.5 Å². The van der Waals surface area contributed by atoms with Crippen molar-refractivity contribution in [3.8, 4) is 0 Å². The van der Waals surface area contributed by atoms with E-state index < -0.39 is 0 Å². The van der Waals surface area contributed by atoms with Crippen molar-refractivity contribution in [2.24, 2.45) is 0 Å². The van der Waals surface area contributed by atoms with Crippen LogP contribution in [-0.2, 0) is 17.9 Å². The third-order valence-corrected chi connectivity index (χ3v) is 4.93. The third kappa shape index (κ3) is 3.49. The minimum absolute atomic E-state index is 0.114. The van der Waals surface area contributed by atoms with Gasteiger partial charge >= 0.3 is 0 Å². The molecule has 4 rings (SSSR count). The average molecular weight is 375 g/mol. The number of rotatable bonds is 6. The van der Waals surface area contributed by atoms with Crippen LogP contribution in [0.25, 0.3) is 21.8 Å². The van der Waals surface area contributed by atoms with Gasteiger partial charge in [-0.2, -0.15) is 0 Å². The van der Waals surface area contributed by atoms with E-state index >= 15 is 0 Å². The average Bonchev–Trinajstić information content (AvgIpc) is 3.02. The number of amides is 1. The molecule has 28 heavy (non-hydrogen) atoms. The molecule has 0 radical (unpaired) electrons. The Kier molecular flexibility index (Phi) is 5.08. The molecule has 1 aromatic heterocycles. The lowest BCUT2D eigenvalue weighted by Crippen LogP contribution is -2.28. The molecule has 3 aromatic carbocycles. The van der Waals surface area contributed by atoms with E-state index in [4.69, 9.17) is 0 Å². The Hall–Kier alpha value is -3.18. The van der Waals surface area contributed by atoms with Crippen LogP contribution in [0.2, 0.25) is 0 Å². The van der Waals surface area contributed by atoms with E-state index in [0.717, 1.165) is 23.1 Å². The van der Waals surface area contributed by atoms with Crippen LogP contribution in [0.15, 0.2) is 66.7 Å². The fraction of sp³-hybridized carbons (Fsp3) is 0.174. The van der Waals surface area contributed by atoms with Crippen LogP contribution in [0.3, 0.4) is 0 Å². The Balaban J connectivity index is 1.48. The molecular formula is C23H22FN3O. The number of halogens is 1. The molecule has 4 nitrogen and oxygen atoms in total. The first-order valence-electron chi connectivity index (χ1n) is 9.42. The molecule has 0 atom stereocenters. The van der Waals surface area contributed by atoms with Gasteiger partial charge in [0.2, 0.25) is 5.91 Å². The number of benzene rings is 3. The number of hydrogen-bond acceptors (Lipinski definition) is 2. The molecule has 0 aliphatic carbocycles. The van der Waals surface area contributed by atoms with Gasteiger partial charge in [0.1, 0.15) is 5.82 Å². The highest BCUT2D eigenvalue weighted by Gasteiger charge is 2.11. The topological polar surface area (TPSA) is 46.1 Å². The highest BCUT2D eigenvalue weighted by atomic mass is 19.1. The van der Waals surface area contributed by atoms with E-state index in [9.17, 15) is 9.18 Å². The van der Waals surface area contributed by atoms with Gasteiger partial charge in [0.05, 0.1) is 6.54 Å². The molecule has 5 heteroatoms. The Morgan fingerprint density at radius 1 is 0.964 bits per heavy atom. The summed E-state index contributed by atoms with van der Waals surface area (Å²) in [5, 5.41) is 8.20. The number of aromatic nitrogens is 1. The van der Waals surface area contributed by atoms with Crippen LogP contribution in [-0.4, -0.2) is 17.0 Å². The maximum atomic E-state index is 13.6. The van der Waals surface area contributed by atoms with Gasteiger partial charge in [-0.3, -0.25) is 4.79 Å². The molecule has 0 fully saturated rings. The van der Waals surface area contributed by atoms with Gasteiger partial charge in [0.15, 0.2) is 0 Å². The van der Waals surface area contributed by atoms with Gasteiger partial charge in [-0.1, -0.05) is 36.4 Å². The lowest BCUT2D eigenvalue weighted by Gasteiger charge is -2.08. The number of hydrogen-bond donors (Lipinski definition) is 2. The summed E-state index contributed by atoms with van der Waals surface area (Å²) in [5.41, 5.74) is 3.64. The van der Waals surface area contributed by atoms with E-state index in [1.165, 1.54) is 17.0 Å². The summed E-state index contributed by atoms with van der Waals surface area (Å²) in [4.78, 5) is 12.3. The van der Waals surface area contributed by atoms with E-state index in [2.05, 4.69) is 34.3 Å². The molecular weight excluding hydrogens is 353 g/mol. The molecule has 4 aromatic rings. The van der Waals surface area contributed by atoms with E-state index in [-0.39, 0.29) is 18.3 Å². The predicted octanol–water partition coefficient (Wildman–Crippen LogP) is 4.68. The minimum Gasteiger partial charge on any atom is -0.341 e. The second-order valence-corrected chi connectivity index (χ2v) is 6.74. The number of carbonyl (C=O) groups is 1. The smallest absolute Gasteiger partial charge is 0.238 e. The van der Waals surface area contributed by atoms with Crippen molar-refractivity contribution in [2.45, 2.75) is 20.0 Å². The second-order valence-electron chi connectivity index (χ2n) is 6.74. The van der Waals surface area contributed by atoms with Crippen LogP contribution < -0.4 is 10.6 Å². The zero-order valence-corrected chi connectivity index (χ0v) is 15.7. The zero-order valence-electron chi connectivity index (χ0n) is 15.7. The Morgan fingerprint density at radius 2 is 1.71 bits per heavy atom. The molecule has 0 bridgehead atoms. The van der Waals surface area contributed by atoms with Crippen LogP contribution >= 0.6 is 0 Å². The monoisotopic (exact) mass is 375 g/mol. The summed E-state index contributed by atoms with van der Waals surface area (Å²) in [5.74, 6) is -0.428. The number of carbonyl (C=O) groups excluding carboxylic acids is 1. The largest absolute Gasteiger partial charge is 0.341 e. The standard InChI is InChI=1S/C23H22FN3O/c1-2-27-21-10-6-4-8-18(21)19-13-17(11-12-22(19)27)26-23(28)15-25-14-16-7-3-5-9-20(16)24/h3-13,25H,2,14-15H2,1H3,(H,26,28). The summed E-state index contributed by atoms with van der Waals surface area (Å²) >= 11 is 0. The fourth-order valence-electron chi connectivity index (χ4n) is 3.63. The van der Waals surface area contributed by atoms with Crippen molar-refractivity contribution in [1.82, 2.24) is 9.88 Å². The number of aryl methyl sites for hydroxylation is 1. The highest BCUT2D eigenvalue weighted by molar-refractivity contribution is 6.09. The molecule has 0 unspecified atom stereocenters. The Bertz CT molecular complexity index is 1150. The Morgan fingerprint density at radius 3 is 2.54 bits per heavy atom. The van der Waals surface area contributed by atoms with Gasteiger partial charge in [-0.15, -0.1) is 0 Å². The first kappa shape index (κ1) is 18.2. The van der Waals surface area contributed by atoms with Gasteiger partial charge in [-0.25, -0.2) is 4.39 Å². The molecule has 142 valence electrons. The summed E-state index contributed by atoms with van der Waals surface area (Å²) in [6, 6.07) is 20.8. The first-order valence-corrected chi connectivity index (χ1v) is 9.42. The van der Waals surface area contributed by atoms with Crippen LogP contribution in [0.5, 0.6) is 0 Å². The number of fused-ring (bicyclic) bond motifs is 3. The number of nitrogens with zero attached hydrogens (tertiary/aromatic N) is 1. The van der Waals surface area contributed by atoms with Gasteiger partial charge in [0.25, 0.3) is 0 Å². The van der Waals surface area contributed by atoms with Crippen LogP contribution in [0.4, 0.5) is 10.1 Å². The molecule has 0 saturated heterocycles. The number of anilines is 1. The second kappa shape index (κ2) is 7.82. The summed E-state index contributed by atoms with van der Waals surface area (Å²) in [6.45, 7) is 3.44. The quantitative estimate of drug-likeness (QED) is 0.514. The van der Waals surface area contributed by atoms with E-state index in [1.54, 1.807) is 18.2 Å². The molecule has 1 heterocycles. The van der Waals surface area contributed by atoms with Gasteiger partial charge in [0, 0.05) is 46.1 Å². The maximum Gasteiger partial charge on any atom is 0.238 e. The minimum atomic E-state index is -0.270. The van der Waals surface area contributed by atoms with Crippen molar-refractivity contribution in [1.29, 1.82) is 0 Å². The number of para-hydroxylation sites is 1. The highest BCUT2D eigenvalue weighted by Crippen LogP contribution is 2.30. The van der Waals surface area contributed by atoms with Crippen molar-refractivity contribution in [3.63, 3.8) is 0 Å². The molecule has 0 aliphatic rings. The summed E-state index contributed by atoms with van der Waals surface area (Å²) in [7, 11) is 0. The predicted molar refractivity (Wildman–Crippen MR) is 112 cm³/mol. The third-order valence-electron chi connectivity index (χ3n) is 4.93. The maximum absolute atomic E-state index is 13.6.